The Morgan fingerprint density at radius 3 is 2.42 bits per heavy atom. The fourth-order valence-corrected chi connectivity index (χ4v) is 4.30. The molecule has 5 nitrogen and oxygen atoms in total. The van der Waals surface area contributed by atoms with Crippen LogP contribution >= 0.6 is 0 Å². The fourth-order valence-electron chi connectivity index (χ4n) is 3.20. The Morgan fingerprint density at radius 2 is 1.58 bits per heavy atom. The zero-order valence-electron chi connectivity index (χ0n) is 13.2. The van der Waals surface area contributed by atoms with Crippen molar-refractivity contribution in [3.05, 3.63) is 47.5 Å². The van der Waals surface area contributed by atoms with Crippen molar-refractivity contribution in [2.75, 3.05) is 17.9 Å². The molecule has 1 aliphatic carbocycles. The molecule has 0 fully saturated rings. The number of hydrogen-bond donors (Lipinski definition) is 1. The van der Waals surface area contributed by atoms with Crippen molar-refractivity contribution in [3.63, 3.8) is 0 Å². The summed E-state index contributed by atoms with van der Waals surface area (Å²) in [7, 11) is -3.62. The summed E-state index contributed by atoms with van der Waals surface area (Å²) in [6.45, 7) is 0.973. The van der Waals surface area contributed by atoms with E-state index in [0.29, 0.717) is 35.3 Å². The molecule has 0 radical (unpaired) electrons. The zero-order valence-corrected chi connectivity index (χ0v) is 14.1. The average Bonchev–Trinajstić information content (AvgIpc) is 2.61. The Labute approximate surface area is 141 Å². The van der Waals surface area contributed by atoms with Gasteiger partial charge in [-0.05, 0) is 61.1 Å². The van der Waals surface area contributed by atoms with Crippen LogP contribution in [0.2, 0.25) is 0 Å². The molecule has 1 heterocycles. The lowest BCUT2D eigenvalue weighted by molar-refractivity contribution is 0.171. The van der Waals surface area contributed by atoms with E-state index in [1.54, 1.807) is 30.3 Å². The quantitative estimate of drug-likeness (QED) is 0.928. The van der Waals surface area contributed by atoms with Crippen molar-refractivity contribution in [2.45, 2.75) is 30.6 Å². The van der Waals surface area contributed by atoms with E-state index in [1.807, 2.05) is 6.07 Å². The summed E-state index contributed by atoms with van der Waals surface area (Å²) in [4.78, 5) is 0.304. The van der Waals surface area contributed by atoms with Gasteiger partial charge in [-0.15, -0.1) is 0 Å². The van der Waals surface area contributed by atoms with Crippen molar-refractivity contribution in [1.82, 2.24) is 0 Å². The van der Waals surface area contributed by atoms with Crippen LogP contribution in [0.15, 0.2) is 41.3 Å². The molecule has 2 aromatic rings. The van der Waals surface area contributed by atoms with Crippen LogP contribution in [0.4, 0.5) is 5.69 Å². The lowest BCUT2D eigenvalue weighted by Crippen LogP contribution is -2.17. The van der Waals surface area contributed by atoms with Crippen LogP contribution in [0.25, 0.3) is 0 Å². The van der Waals surface area contributed by atoms with Crippen LogP contribution < -0.4 is 14.2 Å². The summed E-state index contributed by atoms with van der Waals surface area (Å²) in [6, 6.07) is 10.5. The summed E-state index contributed by atoms with van der Waals surface area (Å²) in [5, 5.41) is 0. The molecule has 4 rings (SSSR count). The Balaban J connectivity index is 1.61. The first kappa shape index (κ1) is 15.3. The SMILES string of the molecule is O=S(=O)(Nc1ccc2c(c1)OCCO2)c1ccc2c(c1)CCCC2. The van der Waals surface area contributed by atoms with Gasteiger partial charge in [-0.1, -0.05) is 6.07 Å². The molecule has 1 N–H and O–H groups in total. The van der Waals surface area contributed by atoms with E-state index >= 15 is 0 Å². The van der Waals surface area contributed by atoms with Gasteiger partial charge in [-0.2, -0.15) is 0 Å². The number of hydrogen-bond acceptors (Lipinski definition) is 4. The highest BCUT2D eigenvalue weighted by Gasteiger charge is 2.19. The molecule has 0 aromatic heterocycles. The van der Waals surface area contributed by atoms with Crippen molar-refractivity contribution >= 4 is 15.7 Å². The number of anilines is 1. The van der Waals surface area contributed by atoms with E-state index in [1.165, 1.54) is 12.0 Å². The smallest absolute Gasteiger partial charge is 0.261 e. The second-order valence-corrected chi connectivity index (χ2v) is 7.78. The molecule has 0 unspecified atom stereocenters. The van der Waals surface area contributed by atoms with Gasteiger partial charge in [-0.25, -0.2) is 8.42 Å². The highest BCUT2D eigenvalue weighted by atomic mass is 32.2. The molecule has 0 amide bonds. The van der Waals surface area contributed by atoms with Gasteiger partial charge in [0, 0.05) is 6.07 Å². The molecule has 0 saturated carbocycles. The van der Waals surface area contributed by atoms with Crippen LogP contribution in [-0.2, 0) is 22.9 Å². The van der Waals surface area contributed by atoms with Crippen LogP contribution in [0.1, 0.15) is 24.0 Å². The Bertz CT molecular complexity index is 877. The number of ether oxygens (including phenoxy) is 2. The standard InChI is InChI=1S/C18H19NO4S/c20-24(21,16-7-5-13-3-1-2-4-14(13)11-16)19-15-6-8-17-18(12-15)23-10-9-22-17/h5-8,11-12,19H,1-4,9-10H2. The number of rotatable bonds is 3. The highest BCUT2D eigenvalue weighted by molar-refractivity contribution is 7.92. The number of sulfonamides is 1. The summed E-state index contributed by atoms with van der Waals surface area (Å²) < 4.78 is 38.9. The molecule has 1 aliphatic heterocycles. The third-order valence-electron chi connectivity index (χ3n) is 4.42. The maximum atomic E-state index is 12.7. The summed E-state index contributed by atoms with van der Waals surface area (Å²) in [5.74, 6) is 1.20. The van der Waals surface area contributed by atoms with Gasteiger partial charge in [-0.3, -0.25) is 4.72 Å². The molecule has 0 spiro atoms. The molecule has 6 heteroatoms. The van der Waals surface area contributed by atoms with Crippen molar-refractivity contribution in [1.29, 1.82) is 0 Å². The van der Waals surface area contributed by atoms with Gasteiger partial charge < -0.3 is 9.47 Å². The first-order chi connectivity index (χ1) is 11.6. The largest absolute Gasteiger partial charge is 0.486 e. The van der Waals surface area contributed by atoms with E-state index < -0.39 is 10.0 Å². The van der Waals surface area contributed by atoms with E-state index in [9.17, 15) is 8.42 Å². The van der Waals surface area contributed by atoms with Crippen molar-refractivity contribution < 1.29 is 17.9 Å². The Morgan fingerprint density at radius 1 is 0.833 bits per heavy atom. The molecule has 2 aliphatic rings. The molecule has 24 heavy (non-hydrogen) atoms. The molecule has 0 bridgehead atoms. The minimum absolute atomic E-state index is 0.304. The minimum Gasteiger partial charge on any atom is -0.486 e. The summed E-state index contributed by atoms with van der Waals surface area (Å²) in [5.41, 5.74) is 2.88. The third-order valence-corrected chi connectivity index (χ3v) is 5.80. The maximum absolute atomic E-state index is 12.7. The first-order valence-corrected chi connectivity index (χ1v) is 9.64. The average molecular weight is 345 g/mol. The van der Waals surface area contributed by atoms with Crippen LogP contribution in [0.5, 0.6) is 11.5 Å². The van der Waals surface area contributed by atoms with E-state index in [4.69, 9.17) is 9.47 Å². The second kappa shape index (κ2) is 6.02. The number of benzene rings is 2. The van der Waals surface area contributed by atoms with E-state index in [0.717, 1.165) is 24.8 Å². The van der Waals surface area contributed by atoms with Gasteiger partial charge in [0.1, 0.15) is 13.2 Å². The van der Waals surface area contributed by atoms with E-state index in [2.05, 4.69) is 4.72 Å². The van der Waals surface area contributed by atoms with Crippen LogP contribution in [0.3, 0.4) is 0 Å². The summed E-state index contributed by atoms with van der Waals surface area (Å²) in [6.07, 6.45) is 4.27. The monoisotopic (exact) mass is 345 g/mol. The van der Waals surface area contributed by atoms with Crippen molar-refractivity contribution in [3.8, 4) is 11.5 Å². The second-order valence-electron chi connectivity index (χ2n) is 6.10. The minimum atomic E-state index is -3.62. The number of nitrogens with one attached hydrogen (secondary N) is 1. The summed E-state index contributed by atoms with van der Waals surface area (Å²) >= 11 is 0. The fraction of sp³-hybridized carbons (Fsp3) is 0.333. The molecule has 0 atom stereocenters. The topological polar surface area (TPSA) is 64.6 Å². The lowest BCUT2D eigenvalue weighted by Gasteiger charge is -2.19. The maximum Gasteiger partial charge on any atom is 0.261 e. The van der Waals surface area contributed by atoms with Gasteiger partial charge in [0.25, 0.3) is 10.0 Å². The molecule has 0 saturated heterocycles. The van der Waals surface area contributed by atoms with Gasteiger partial charge in [0.2, 0.25) is 0 Å². The number of fused-ring (bicyclic) bond motifs is 2. The molecule has 126 valence electrons. The van der Waals surface area contributed by atoms with Crippen LogP contribution in [-0.4, -0.2) is 21.6 Å². The third kappa shape index (κ3) is 2.94. The van der Waals surface area contributed by atoms with Gasteiger partial charge in [0.15, 0.2) is 11.5 Å². The van der Waals surface area contributed by atoms with E-state index in [-0.39, 0.29) is 0 Å². The zero-order chi connectivity index (χ0) is 16.6. The predicted molar refractivity (Wildman–Crippen MR) is 91.3 cm³/mol. The first-order valence-electron chi connectivity index (χ1n) is 8.16. The molecular weight excluding hydrogens is 326 g/mol. The number of aryl methyl sites for hydroxylation is 2. The predicted octanol–water partition coefficient (Wildman–Crippen LogP) is 3.14. The Hall–Kier alpha value is -2.21. The van der Waals surface area contributed by atoms with Gasteiger partial charge >= 0.3 is 0 Å². The Kier molecular flexibility index (Phi) is 3.84. The lowest BCUT2D eigenvalue weighted by atomic mass is 9.92. The van der Waals surface area contributed by atoms with Crippen molar-refractivity contribution in [2.24, 2.45) is 0 Å². The highest BCUT2D eigenvalue weighted by Crippen LogP contribution is 2.33. The normalized spacial score (nSPS) is 16.3. The molecule has 2 aromatic carbocycles. The van der Waals surface area contributed by atoms with Gasteiger partial charge in [0.05, 0.1) is 10.6 Å². The van der Waals surface area contributed by atoms with Crippen LogP contribution in [0, 0.1) is 0 Å². The molecular formula is C18H19NO4S.